The van der Waals surface area contributed by atoms with Gasteiger partial charge in [-0.3, -0.25) is 4.79 Å². The van der Waals surface area contributed by atoms with E-state index in [1.54, 1.807) is 6.92 Å². The fourth-order valence-corrected chi connectivity index (χ4v) is 1.69. The second-order valence-corrected chi connectivity index (χ2v) is 3.87. The van der Waals surface area contributed by atoms with Gasteiger partial charge in [0, 0.05) is 6.92 Å². The Bertz CT molecular complexity index is 333. The Labute approximate surface area is 89.4 Å². The van der Waals surface area contributed by atoms with Crippen molar-refractivity contribution in [1.29, 1.82) is 0 Å². The first-order chi connectivity index (χ1) is 7.25. The minimum absolute atomic E-state index is 0.00595. The van der Waals surface area contributed by atoms with Gasteiger partial charge < -0.3 is 10.1 Å². The second kappa shape index (κ2) is 4.45. The van der Waals surface area contributed by atoms with E-state index in [0.29, 0.717) is 0 Å². The van der Waals surface area contributed by atoms with E-state index in [0.717, 1.165) is 13.0 Å². The number of carbonyl (C=O) groups is 1. The highest BCUT2D eigenvalue weighted by molar-refractivity contribution is 5.73. The summed E-state index contributed by atoms with van der Waals surface area (Å²) >= 11 is 0. The topological polar surface area (TPSA) is 41.6 Å². The predicted molar refractivity (Wildman–Crippen MR) is 57.5 cm³/mol. The molecule has 0 saturated carbocycles. The molecule has 0 bridgehead atoms. The quantitative estimate of drug-likeness (QED) is 0.749. The van der Waals surface area contributed by atoms with Crippen LogP contribution in [0.1, 0.15) is 12.5 Å². The lowest BCUT2D eigenvalue weighted by Gasteiger charge is -2.15. The molecule has 2 atom stereocenters. The minimum Gasteiger partial charge on any atom is -0.371 e. The summed E-state index contributed by atoms with van der Waals surface area (Å²) in [6.45, 7) is 2.30. The summed E-state index contributed by atoms with van der Waals surface area (Å²) in [7, 11) is 0. The fraction of sp³-hybridized carbons (Fsp3) is 0.417. The van der Waals surface area contributed by atoms with E-state index in [1.165, 1.54) is 5.56 Å². The maximum atomic E-state index is 11.0. The number of hydrogen-bond acceptors (Lipinski definition) is 2. The molecule has 0 spiro atoms. The molecule has 15 heavy (non-hydrogen) atoms. The van der Waals surface area contributed by atoms with Gasteiger partial charge in [-0.1, -0.05) is 30.3 Å². The molecule has 1 aromatic rings. The first kappa shape index (κ1) is 10.2. The molecule has 0 radical (unpaired) electrons. The van der Waals surface area contributed by atoms with Gasteiger partial charge in [-0.15, -0.1) is 0 Å². The van der Waals surface area contributed by atoms with E-state index in [2.05, 4.69) is 17.4 Å². The molecule has 0 aromatic heterocycles. The van der Waals surface area contributed by atoms with Crippen LogP contribution in [-0.2, 0) is 16.0 Å². The predicted octanol–water partition coefficient (Wildman–Crippen LogP) is 1.13. The summed E-state index contributed by atoms with van der Waals surface area (Å²) in [6, 6.07) is 10.3. The van der Waals surface area contributed by atoms with Crippen molar-refractivity contribution in [2.75, 3.05) is 6.61 Å². The van der Waals surface area contributed by atoms with Crippen molar-refractivity contribution in [2.24, 2.45) is 0 Å². The molecule has 0 aliphatic carbocycles. The zero-order chi connectivity index (χ0) is 10.7. The van der Waals surface area contributed by atoms with E-state index < -0.39 is 0 Å². The van der Waals surface area contributed by atoms with Crippen LogP contribution in [0.15, 0.2) is 30.3 Å². The Morgan fingerprint density at radius 1 is 1.53 bits per heavy atom. The van der Waals surface area contributed by atoms with Crippen molar-refractivity contribution in [1.82, 2.24) is 5.32 Å². The molecule has 3 nitrogen and oxygen atoms in total. The molecule has 1 aromatic carbocycles. The Balaban J connectivity index is 1.97. The second-order valence-electron chi connectivity index (χ2n) is 3.87. The van der Waals surface area contributed by atoms with Gasteiger partial charge in [-0.05, 0) is 12.0 Å². The summed E-state index contributed by atoms with van der Waals surface area (Å²) < 4.78 is 5.23. The highest BCUT2D eigenvalue weighted by Crippen LogP contribution is 2.17. The Hall–Kier alpha value is -1.35. The number of rotatable bonds is 4. The Morgan fingerprint density at radius 2 is 2.20 bits per heavy atom. The maximum Gasteiger partial charge on any atom is 0.217 e. The van der Waals surface area contributed by atoms with Crippen molar-refractivity contribution < 1.29 is 9.53 Å². The molecule has 2 rings (SSSR count). The van der Waals surface area contributed by atoms with Crippen molar-refractivity contribution in [3.63, 3.8) is 0 Å². The molecule has 3 heteroatoms. The summed E-state index contributed by atoms with van der Waals surface area (Å²) in [5, 5.41) is 2.93. The molecule has 1 amide bonds. The Kier molecular flexibility index (Phi) is 3.02. The molecule has 1 fully saturated rings. The zero-order valence-corrected chi connectivity index (χ0v) is 8.77. The van der Waals surface area contributed by atoms with Crippen LogP contribution in [-0.4, -0.2) is 24.7 Å². The van der Waals surface area contributed by atoms with Crippen LogP contribution in [0.5, 0.6) is 0 Å². The van der Waals surface area contributed by atoms with Gasteiger partial charge in [0.05, 0.1) is 12.6 Å². The summed E-state index contributed by atoms with van der Waals surface area (Å²) in [5.41, 5.74) is 1.23. The molecule has 1 heterocycles. The van der Waals surface area contributed by atoms with E-state index in [-0.39, 0.29) is 18.1 Å². The van der Waals surface area contributed by atoms with Crippen LogP contribution in [0.4, 0.5) is 0 Å². The van der Waals surface area contributed by atoms with Crippen molar-refractivity contribution in [3.8, 4) is 0 Å². The van der Waals surface area contributed by atoms with Gasteiger partial charge in [-0.2, -0.15) is 0 Å². The van der Waals surface area contributed by atoms with Crippen LogP contribution >= 0.6 is 0 Å². The van der Waals surface area contributed by atoms with E-state index in [9.17, 15) is 4.79 Å². The number of carbonyl (C=O) groups excluding carboxylic acids is 1. The lowest BCUT2D eigenvalue weighted by molar-refractivity contribution is -0.119. The van der Waals surface area contributed by atoms with Gasteiger partial charge in [0.2, 0.25) is 5.91 Å². The third kappa shape index (κ3) is 3.06. The summed E-state index contributed by atoms with van der Waals surface area (Å²) in [5.74, 6) is 0.00595. The first-order valence-electron chi connectivity index (χ1n) is 5.18. The summed E-state index contributed by atoms with van der Waals surface area (Å²) in [6.07, 6.45) is 1.04. The number of nitrogens with one attached hydrogen (secondary N) is 1. The smallest absolute Gasteiger partial charge is 0.217 e. The van der Waals surface area contributed by atoms with E-state index in [1.807, 2.05) is 18.2 Å². The van der Waals surface area contributed by atoms with Crippen LogP contribution in [0.2, 0.25) is 0 Å². The molecule has 1 N–H and O–H groups in total. The Morgan fingerprint density at radius 3 is 2.73 bits per heavy atom. The molecular weight excluding hydrogens is 190 g/mol. The molecule has 1 saturated heterocycles. The van der Waals surface area contributed by atoms with Gasteiger partial charge >= 0.3 is 0 Å². The lowest BCUT2D eigenvalue weighted by Crippen LogP contribution is -2.39. The highest BCUT2D eigenvalue weighted by atomic mass is 16.6. The minimum atomic E-state index is 0.00595. The fourth-order valence-electron chi connectivity index (χ4n) is 1.69. The lowest BCUT2D eigenvalue weighted by atomic mass is 10.0. The van der Waals surface area contributed by atoms with Crippen LogP contribution < -0.4 is 5.32 Å². The SMILES string of the molecule is CC(=O)NC(Cc1ccccc1)[C@H]1CO1. The third-order valence-corrected chi connectivity index (χ3v) is 2.49. The number of amides is 1. The molecule has 1 aliphatic rings. The first-order valence-corrected chi connectivity index (χ1v) is 5.18. The van der Waals surface area contributed by atoms with Crippen LogP contribution in [0.3, 0.4) is 0 Å². The zero-order valence-electron chi connectivity index (χ0n) is 8.77. The van der Waals surface area contributed by atoms with Gasteiger partial charge in [-0.25, -0.2) is 0 Å². The number of benzene rings is 1. The molecular formula is C12H15NO2. The van der Waals surface area contributed by atoms with Gasteiger partial charge in [0.15, 0.2) is 0 Å². The van der Waals surface area contributed by atoms with E-state index >= 15 is 0 Å². The third-order valence-electron chi connectivity index (χ3n) is 2.49. The van der Waals surface area contributed by atoms with Crippen LogP contribution in [0.25, 0.3) is 0 Å². The van der Waals surface area contributed by atoms with Crippen molar-refractivity contribution in [2.45, 2.75) is 25.5 Å². The normalized spacial score (nSPS) is 20.7. The van der Waals surface area contributed by atoms with Gasteiger partial charge in [0.25, 0.3) is 0 Å². The van der Waals surface area contributed by atoms with E-state index in [4.69, 9.17) is 4.74 Å². The van der Waals surface area contributed by atoms with Crippen LogP contribution in [0, 0.1) is 0 Å². The monoisotopic (exact) mass is 205 g/mol. The van der Waals surface area contributed by atoms with Crippen molar-refractivity contribution >= 4 is 5.91 Å². The standard InChI is InChI=1S/C12H15NO2/c1-9(14)13-11(12-8-15-12)7-10-5-3-2-4-6-10/h2-6,11-12H,7-8H2,1H3,(H,13,14)/t11?,12-/m1/s1. The highest BCUT2D eigenvalue weighted by Gasteiger charge is 2.33. The average molecular weight is 205 g/mol. The molecule has 80 valence electrons. The summed E-state index contributed by atoms with van der Waals surface area (Å²) in [4.78, 5) is 11.0. The van der Waals surface area contributed by atoms with Gasteiger partial charge in [0.1, 0.15) is 6.10 Å². The largest absolute Gasteiger partial charge is 0.371 e. The molecule has 1 unspecified atom stereocenters. The van der Waals surface area contributed by atoms with Crippen molar-refractivity contribution in [3.05, 3.63) is 35.9 Å². The number of ether oxygens (including phenoxy) is 1. The molecule has 1 aliphatic heterocycles. The maximum absolute atomic E-state index is 11.0. The number of hydrogen-bond donors (Lipinski definition) is 1. The number of epoxide rings is 1. The average Bonchev–Trinajstić information content (AvgIpc) is 3.01.